The van der Waals surface area contributed by atoms with E-state index in [1.54, 1.807) is 39.1 Å². The van der Waals surface area contributed by atoms with Gasteiger partial charge in [-0.3, -0.25) is 14.2 Å². The number of rotatable bonds is 7. The molecule has 3 aromatic rings. The average Bonchev–Trinajstić information content (AvgIpc) is 2.86. The molecular weight excluding hydrogens is 473 g/mol. The van der Waals surface area contributed by atoms with E-state index in [0.29, 0.717) is 11.4 Å². The van der Waals surface area contributed by atoms with Crippen molar-refractivity contribution in [2.24, 2.45) is 5.41 Å². The lowest BCUT2D eigenvalue weighted by molar-refractivity contribution is -0.123. The smallest absolute Gasteiger partial charge is 0.258 e. The van der Waals surface area contributed by atoms with E-state index in [4.69, 9.17) is 4.74 Å². The lowest BCUT2D eigenvalue weighted by Crippen LogP contribution is -2.39. The number of benzene rings is 1. The molecule has 0 aliphatic carbocycles. The van der Waals surface area contributed by atoms with Gasteiger partial charge in [0.25, 0.3) is 5.56 Å². The molecule has 1 aliphatic rings. The number of nitrogens with zero attached hydrogens (tertiary/aromatic N) is 4. The number of carbonyl (C=O) groups is 1. The quantitative estimate of drug-likeness (QED) is 0.482. The molecule has 0 spiro atoms. The van der Waals surface area contributed by atoms with Crippen LogP contribution in [0.2, 0.25) is 0 Å². The summed E-state index contributed by atoms with van der Waals surface area (Å²) in [7, 11) is 0. The molecule has 0 radical (unpaired) electrons. The maximum Gasteiger partial charge on any atom is 0.258 e. The van der Waals surface area contributed by atoms with Gasteiger partial charge >= 0.3 is 0 Å². The molecular formula is C28H36FN5O3. The first kappa shape index (κ1) is 26.3. The lowest BCUT2D eigenvalue weighted by atomic mass is 9.95. The molecule has 0 atom stereocenters. The Labute approximate surface area is 218 Å². The predicted molar refractivity (Wildman–Crippen MR) is 144 cm³/mol. The van der Waals surface area contributed by atoms with E-state index < -0.39 is 11.2 Å². The molecule has 37 heavy (non-hydrogen) atoms. The van der Waals surface area contributed by atoms with Crippen LogP contribution in [0.15, 0.2) is 53.7 Å². The van der Waals surface area contributed by atoms with Crippen molar-refractivity contribution in [1.29, 1.82) is 0 Å². The first-order valence-electron chi connectivity index (χ1n) is 12.7. The van der Waals surface area contributed by atoms with Gasteiger partial charge in [0.05, 0.1) is 11.4 Å². The monoisotopic (exact) mass is 509 g/mol. The van der Waals surface area contributed by atoms with Gasteiger partial charge in [0.2, 0.25) is 11.9 Å². The number of pyridine rings is 1. The van der Waals surface area contributed by atoms with Crippen molar-refractivity contribution < 1.29 is 15.3 Å². The highest BCUT2D eigenvalue weighted by Gasteiger charge is 2.23. The fourth-order valence-corrected chi connectivity index (χ4v) is 4.11. The Balaban J connectivity index is 0.00000400. The number of aryl methyl sites for hydroxylation is 1. The Hall–Kier alpha value is -3.75. The number of hydrogen-bond donors (Lipinski definition) is 1. The zero-order valence-corrected chi connectivity index (χ0v) is 21.8. The maximum atomic E-state index is 14.6. The second kappa shape index (κ2) is 11.1. The number of nitrogens with one attached hydrogen (secondary N) is 1. The number of hydrogen-bond acceptors (Lipinski definition) is 6. The zero-order valence-electron chi connectivity index (χ0n) is 21.8. The molecule has 1 N–H and O–H groups in total. The summed E-state index contributed by atoms with van der Waals surface area (Å²) < 4.78 is 22.1. The highest BCUT2D eigenvalue weighted by molar-refractivity contribution is 5.94. The number of aromatic nitrogens is 3. The van der Waals surface area contributed by atoms with E-state index >= 15 is 0 Å². The van der Waals surface area contributed by atoms with Crippen molar-refractivity contribution in [3.63, 3.8) is 0 Å². The molecule has 8 nitrogen and oxygen atoms in total. The average molecular weight is 510 g/mol. The molecule has 1 aliphatic heterocycles. The van der Waals surface area contributed by atoms with Gasteiger partial charge < -0.3 is 15.0 Å². The number of carbonyl (C=O) groups excluding carboxylic acids is 1. The van der Waals surface area contributed by atoms with E-state index in [2.05, 4.69) is 27.1 Å². The zero-order chi connectivity index (χ0) is 26.6. The van der Waals surface area contributed by atoms with Crippen molar-refractivity contribution in [1.82, 2.24) is 14.5 Å². The number of halogens is 1. The molecule has 0 saturated carbocycles. The summed E-state index contributed by atoms with van der Waals surface area (Å²) in [6.07, 6.45) is 8.96. The minimum absolute atomic E-state index is 0. The van der Waals surface area contributed by atoms with E-state index in [1.165, 1.54) is 22.8 Å². The van der Waals surface area contributed by atoms with Crippen LogP contribution < -0.4 is 20.5 Å². The molecule has 1 fully saturated rings. The third kappa shape index (κ3) is 6.53. The van der Waals surface area contributed by atoms with Crippen LogP contribution in [0.4, 0.5) is 16.0 Å². The van der Waals surface area contributed by atoms with Gasteiger partial charge in [0.1, 0.15) is 17.7 Å². The number of anilines is 2. The standard InChI is InChI=1S/C28H34FN5O3.H2/c1-5-6-19-17-30-27(31-18-19)33-12-9-21(10-13-33)37-22-11-14-34(25(35)16-22)20-7-8-24(23(29)15-20)32-26(36)28(2,3)4;/h7-8,11,14-18,21H,5-6,9-10,12-13H2,1-4H3,(H,32,36);1H. The highest BCUT2D eigenvalue weighted by Crippen LogP contribution is 2.23. The number of ether oxygens (including phenoxy) is 1. The second-order valence-electron chi connectivity index (χ2n) is 10.4. The topological polar surface area (TPSA) is 89.4 Å². The summed E-state index contributed by atoms with van der Waals surface area (Å²) in [6.45, 7) is 8.93. The van der Waals surface area contributed by atoms with Crippen molar-refractivity contribution in [2.75, 3.05) is 23.3 Å². The Morgan fingerprint density at radius 3 is 2.46 bits per heavy atom. The SMILES string of the molecule is CCCc1cnc(N2CCC(Oc3ccn(-c4ccc(NC(=O)C(C)(C)C)c(F)c4)c(=O)c3)CC2)nc1.[HH]. The Morgan fingerprint density at radius 1 is 1.16 bits per heavy atom. The molecule has 2 aromatic heterocycles. The predicted octanol–water partition coefficient (Wildman–Crippen LogP) is 5.00. The summed E-state index contributed by atoms with van der Waals surface area (Å²) in [5, 5.41) is 2.59. The van der Waals surface area contributed by atoms with E-state index in [9.17, 15) is 14.0 Å². The van der Waals surface area contributed by atoms with Gasteiger partial charge in [-0.05, 0) is 30.2 Å². The van der Waals surface area contributed by atoms with E-state index in [-0.39, 0.29) is 24.7 Å². The molecule has 198 valence electrons. The summed E-state index contributed by atoms with van der Waals surface area (Å²) in [5.41, 5.74) is 0.597. The summed E-state index contributed by atoms with van der Waals surface area (Å²) in [4.78, 5) is 36.1. The largest absolute Gasteiger partial charge is 0.490 e. The minimum atomic E-state index is -0.651. The van der Waals surface area contributed by atoms with Crippen LogP contribution in [0.25, 0.3) is 5.69 Å². The fraction of sp³-hybridized carbons (Fsp3) is 0.429. The first-order valence-corrected chi connectivity index (χ1v) is 12.7. The summed E-state index contributed by atoms with van der Waals surface area (Å²) in [5.74, 6) is 0.311. The lowest BCUT2D eigenvalue weighted by Gasteiger charge is -2.32. The second-order valence-corrected chi connectivity index (χ2v) is 10.4. The van der Waals surface area contributed by atoms with Gasteiger partial charge in [0, 0.05) is 63.5 Å². The molecule has 9 heteroatoms. The third-order valence-electron chi connectivity index (χ3n) is 6.31. The van der Waals surface area contributed by atoms with E-state index in [0.717, 1.165) is 50.3 Å². The Kier molecular flexibility index (Phi) is 7.90. The van der Waals surface area contributed by atoms with Gasteiger partial charge in [-0.1, -0.05) is 34.1 Å². The molecule has 1 saturated heterocycles. The van der Waals surface area contributed by atoms with Gasteiger partial charge in [-0.25, -0.2) is 14.4 Å². The number of amides is 1. The van der Waals surface area contributed by atoms with E-state index in [1.807, 2.05) is 12.4 Å². The van der Waals surface area contributed by atoms with Crippen LogP contribution in [0.3, 0.4) is 0 Å². The maximum absolute atomic E-state index is 14.6. The molecule has 0 unspecified atom stereocenters. The molecule has 3 heterocycles. The fourth-order valence-electron chi connectivity index (χ4n) is 4.11. The van der Waals surface area contributed by atoms with Crippen LogP contribution in [0, 0.1) is 11.2 Å². The molecule has 1 amide bonds. The van der Waals surface area contributed by atoms with Crippen LogP contribution >= 0.6 is 0 Å². The summed E-state index contributed by atoms with van der Waals surface area (Å²) >= 11 is 0. The number of piperidine rings is 1. The third-order valence-corrected chi connectivity index (χ3v) is 6.31. The van der Waals surface area contributed by atoms with Crippen molar-refractivity contribution >= 4 is 17.5 Å². The molecule has 4 rings (SSSR count). The normalized spacial score (nSPS) is 14.5. The Bertz CT molecular complexity index is 1300. The van der Waals surface area contributed by atoms with Gasteiger partial charge in [-0.15, -0.1) is 0 Å². The molecule has 1 aromatic carbocycles. The van der Waals surface area contributed by atoms with Crippen LogP contribution in [-0.2, 0) is 11.2 Å². The van der Waals surface area contributed by atoms with Crippen LogP contribution in [0.5, 0.6) is 5.75 Å². The van der Waals surface area contributed by atoms with Crippen molar-refractivity contribution in [2.45, 2.75) is 59.5 Å². The summed E-state index contributed by atoms with van der Waals surface area (Å²) in [6, 6.07) is 7.40. The van der Waals surface area contributed by atoms with Gasteiger partial charge in [-0.2, -0.15) is 0 Å². The first-order chi connectivity index (χ1) is 17.6. The van der Waals surface area contributed by atoms with Crippen LogP contribution in [-0.4, -0.2) is 39.6 Å². The minimum Gasteiger partial charge on any atom is -0.490 e. The highest BCUT2D eigenvalue weighted by atomic mass is 19.1. The van der Waals surface area contributed by atoms with Gasteiger partial charge in [0.15, 0.2) is 0 Å². The Morgan fingerprint density at radius 2 is 1.86 bits per heavy atom. The molecule has 0 bridgehead atoms. The van der Waals surface area contributed by atoms with Crippen molar-refractivity contribution in [3.8, 4) is 11.4 Å². The van der Waals surface area contributed by atoms with Crippen LogP contribution in [0.1, 0.15) is 53.9 Å². The van der Waals surface area contributed by atoms with Crippen molar-refractivity contribution in [3.05, 3.63) is 70.7 Å².